The van der Waals surface area contributed by atoms with Crippen LogP contribution in [0, 0.1) is 17.3 Å². The maximum absolute atomic E-state index is 13.6. The summed E-state index contributed by atoms with van der Waals surface area (Å²) in [5.74, 6) is -0.591. The van der Waals surface area contributed by atoms with Crippen LogP contribution >= 0.6 is 11.6 Å². The van der Waals surface area contributed by atoms with Crippen LogP contribution in [0.4, 0.5) is 5.69 Å². The first kappa shape index (κ1) is 23.7. The molecule has 0 aliphatic heterocycles. The zero-order valence-corrected chi connectivity index (χ0v) is 21.2. The molecule has 7 nitrogen and oxygen atoms in total. The fraction of sp³-hybridized carbons (Fsp3) is 0.310. The van der Waals surface area contributed by atoms with Crippen molar-refractivity contribution in [2.24, 2.45) is 24.3 Å². The first-order valence-electron chi connectivity index (χ1n) is 12.5. The Morgan fingerprint density at radius 3 is 2.92 bits per heavy atom. The van der Waals surface area contributed by atoms with Crippen LogP contribution in [0.2, 0.25) is 5.02 Å². The highest BCUT2D eigenvalue weighted by molar-refractivity contribution is 6.40. The van der Waals surface area contributed by atoms with E-state index >= 15 is 0 Å². The van der Waals surface area contributed by atoms with Gasteiger partial charge in [0.1, 0.15) is 0 Å². The third kappa shape index (κ3) is 4.17. The summed E-state index contributed by atoms with van der Waals surface area (Å²) in [5, 5.41) is 20.2. The van der Waals surface area contributed by atoms with Gasteiger partial charge in [-0.3, -0.25) is 14.5 Å². The molecule has 2 bridgehead atoms. The van der Waals surface area contributed by atoms with Crippen molar-refractivity contribution in [2.75, 3.05) is 5.32 Å². The molecule has 2 saturated carbocycles. The number of pyridine rings is 1. The number of anilines is 1. The van der Waals surface area contributed by atoms with Gasteiger partial charge in [-0.1, -0.05) is 29.8 Å². The van der Waals surface area contributed by atoms with E-state index in [1.165, 1.54) is 11.6 Å². The Labute approximate surface area is 219 Å². The zero-order valence-electron chi connectivity index (χ0n) is 20.4. The lowest BCUT2D eigenvalue weighted by atomic mass is 9.70. The molecule has 8 heteroatoms. The van der Waals surface area contributed by atoms with Crippen LogP contribution in [0.5, 0.6) is 0 Å². The Balaban J connectivity index is 1.31. The maximum Gasteiger partial charge on any atom is 0.328 e. The molecule has 2 aliphatic rings. The number of carboxylic acids is 1. The van der Waals surface area contributed by atoms with E-state index in [4.69, 9.17) is 16.7 Å². The number of benzene rings is 2. The molecule has 0 radical (unpaired) electrons. The monoisotopic (exact) mass is 514 g/mol. The Morgan fingerprint density at radius 1 is 1.24 bits per heavy atom. The topological polar surface area (TPSA) is 97.1 Å². The van der Waals surface area contributed by atoms with Gasteiger partial charge in [0.15, 0.2) is 0 Å². The molecule has 2 N–H and O–H groups in total. The molecule has 2 aromatic carbocycles. The Kier molecular flexibility index (Phi) is 5.75. The molecule has 37 heavy (non-hydrogen) atoms. The quantitative estimate of drug-likeness (QED) is 0.314. The largest absolute Gasteiger partial charge is 0.478 e. The van der Waals surface area contributed by atoms with Crippen LogP contribution in [-0.4, -0.2) is 31.7 Å². The zero-order chi connectivity index (χ0) is 25.7. The van der Waals surface area contributed by atoms with Crippen molar-refractivity contribution in [1.29, 1.82) is 0 Å². The maximum atomic E-state index is 13.6. The summed E-state index contributed by atoms with van der Waals surface area (Å²) in [6.45, 7) is 0. The number of hydrogen-bond acceptors (Lipinski definition) is 4. The number of nitrogens with one attached hydrogen (secondary N) is 1. The van der Waals surface area contributed by atoms with Crippen molar-refractivity contribution in [3.05, 3.63) is 71.1 Å². The van der Waals surface area contributed by atoms with Crippen molar-refractivity contribution in [3.8, 4) is 0 Å². The molecule has 188 valence electrons. The molecular formula is C29H27ClN4O3. The van der Waals surface area contributed by atoms with Gasteiger partial charge >= 0.3 is 5.97 Å². The van der Waals surface area contributed by atoms with Gasteiger partial charge in [-0.2, -0.15) is 5.10 Å². The number of fused-ring (bicyclic) bond motifs is 4. The molecule has 1 amide bonds. The second-order valence-corrected chi connectivity index (χ2v) is 10.9. The van der Waals surface area contributed by atoms with Crippen molar-refractivity contribution in [2.45, 2.75) is 32.1 Å². The third-order valence-corrected chi connectivity index (χ3v) is 8.61. The molecular weight excluding hydrogens is 488 g/mol. The molecule has 3 atom stereocenters. The number of amides is 1. The first-order valence-corrected chi connectivity index (χ1v) is 12.9. The number of carboxylic acid groups (broad SMARTS) is 1. The number of carbonyl (C=O) groups is 2. The number of aliphatic carboxylic acids is 1. The van der Waals surface area contributed by atoms with Gasteiger partial charge in [0, 0.05) is 36.0 Å². The molecule has 6 rings (SSSR count). The Morgan fingerprint density at radius 2 is 2.11 bits per heavy atom. The number of aryl methyl sites for hydroxylation is 1. The summed E-state index contributed by atoms with van der Waals surface area (Å²) in [7, 11) is 1.90. The minimum Gasteiger partial charge on any atom is -0.478 e. The SMILES string of the molecule is Cn1ncc2cc3cccc(C[C@]45CC[C@@H](CC4C(=O)Nc4cncc(/C=C/C(=O)O)c4)C5)c3c(Cl)c21. The van der Waals surface area contributed by atoms with Crippen molar-refractivity contribution in [1.82, 2.24) is 14.8 Å². The summed E-state index contributed by atoms with van der Waals surface area (Å²) in [5.41, 5.74) is 3.17. The molecule has 0 spiro atoms. The molecule has 2 aromatic heterocycles. The smallest absolute Gasteiger partial charge is 0.328 e. The Bertz CT molecular complexity index is 1590. The fourth-order valence-corrected chi connectivity index (χ4v) is 7.17. The number of aromatic nitrogens is 3. The molecule has 4 aromatic rings. The number of halogens is 1. The van der Waals surface area contributed by atoms with Crippen molar-refractivity contribution < 1.29 is 14.7 Å². The van der Waals surface area contributed by atoms with Gasteiger partial charge in [-0.15, -0.1) is 0 Å². The molecule has 2 heterocycles. The normalized spacial score (nSPS) is 22.9. The summed E-state index contributed by atoms with van der Waals surface area (Å²) < 4.78 is 1.82. The molecule has 0 saturated heterocycles. The summed E-state index contributed by atoms with van der Waals surface area (Å²) in [6, 6.07) is 10.2. The van der Waals surface area contributed by atoms with Crippen LogP contribution in [0.15, 0.2) is 55.0 Å². The third-order valence-electron chi connectivity index (χ3n) is 8.25. The van der Waals surface area contributed by atoms with Crippen LogP contribution in [0.1, 0.15) is 36.8 Å². The molecule has 2 fully saturated rings. The van der Waals surface area contributed by atoms with Crippen molar-refractivity contribution >= 4 is 56.9 Å². The minimum absolute atomic E-state index is 0.00345. The second kappa shape index (κ2) is 8.99. The first-order chi connectivity index (χ1) is 17.8. The van der Waals surface area contributed by atoms with E-state index in [1.54, 1.807) is 18.5 Å². The van der Waals surface area contributed by atoms with Crippen LogP contribution in [0.3, 0.4) is 0 Å². The highest BCUT2D eigenvalue weighted by Gasteiger charge is 2.54. The highest BCUT2D eigenvalue weighted by Crippen LogP contribution is 2.60. The van der Waals surface area contributed by atoms with E-state index in [0.717, 1.165) is 59.9 Å². The lowest BCUT2D eigenvalue weighted by molar-refractivity contribution is -0.131. The lowest BCUT2D eigenvalue weighted by Crippen LogP contribution is -2.37. The van der Waals surface area contributed by atoms with Crippen LogP contribution in [0.25, 0.3) is 27.8 Å². The lowest BCUT2D eigenvalue weighted by Gasteiger charge is -2.35. The number of hydrogen-bond donors (Lipinski definition) is 2. The standard InChI is InChI=1S/C29H27ClN4O3/c1-34-27-21(15-32-34)11-19-3-2-4-20(25(19)26(27)30)13-29-8-7-17(12-29)10-23(29)28(37)33-22-9-18(14-31-16-22)5-6-24(35)36/h2-6,9,11,14-17,23H,7-8,10,12-13H2,1H3,(H,33,37)(H,35,36)/b6-5+/t17-,23?,29+/m0/s1. The second-order valence-electron chi connectivity index (χ2n) is 10.5. The average Bonchev–Trinajstić information content (AvgIpc) is 3.56. The van der Waals surface area contributed by atoms with E-state index < -0.39 is 5.97 Å². The minimum atomic E-state index is -1.03. The number of rotatable bonds is 6. The fourth-order valence-electron chi connectivity index (χ4n) is 6.70. The van der Waals surface area contributed by atoms with Gasteiger partial charge in [-0.05, 0) is 78.2 Å². The van der Waals surface area contributed by atoms with E-state index in [1.807, 2.05) is 17.9 Å². The van der Waals surface area contributed by atoms with E-state index in [-0.39, 0.29) is 17.2 Å². The van der Waals surface area contributed by atoms with Gasteiger partial charge < -0.3 is 10.4 Å². The summed E-state index contributed by atoms with van der Waals surface area (Å²) in [4.78, 5) is 28.6. The number of carbonyl (C=O) groups excluding carboxylic acids is 1. The highest BCUT2D eigenvalue weighted by atomic mass is 35.5. The van der Waals surface area contributed by atoms with E-state index in [9.17, 15) is 9.59 Å². The summed E-state index contributed by atoms with van der Waals surface area (Å²) >= 11 is 6.99. The van der Waals surface area contributed by atoms with Gasteiger partial charge in [-0.25, -0.2) is 4.79 Å². The van der Waals surface area contributed by atoms with Gasteiger partial charge in [0.05, 0.1) is 28.6 Å². The van der Waals surface area contributed by atoms with Gasteiger partial charge in [0.2, 0.25) is 5.91 Å². The van der Waals surface area contributed by atoms with Crippen LogP contribution in [-0.2, 0) is 23.1 Å². The summed E-state index contributed by atoms with van der Waals surface area (Å²) in [6.07, 6.45) is 12.4. The number of nitrogens with zero attached hydrogens (tertiary/aromatic N) is 3. The van der Waals surface area contributed by atoms with Crippen molar-refractivity contribution in [3.63, 3.8) is 0 Å². The predicted octanol–water partition coefficient (Wildman–Crippen LogP) is 5.86. The Hall–Kier alpha value is -3.71. The van der Waals surface area contributed by atoms with Crippen LogP contribution < -0.4 is 5.32 Å². The predicted molar refractivity (Wildman–Crippen MR) is 144 cm³/mol. The van der Waals surface area contributed by atoms with Gasteiger partial charge in [0.25, 0.3) is 0 Å². The molecule has 2 aliphatic carbocycles. The molecule has 1 unspecified atom stereocenters. The average molecular weight is 515 g/mol. The van der Waals surface area contributed by atoms with E-state index in [0.29, 0.717) is 22.2 Å². The van der Waals surface area contributed by atoms with E-state index in [2.05, 4.69) is 39.7 Å².